The van der Waals surface area contributed by atoms with Gasteiger partial charge < -0.3 is 15.0 Å². The van der Waals surface area contributed by atoms with E-state index in [1.54, 1.807) is 7.11 Å². The Hall–Kier alpha value is -2.33. The minimum Gasteiger partial charge on any atom is -0.380 e. The molecule has 4 heteroatoms. The highest BCUT2D eigenvalue weighted by atomic mass is 16.5. The highest BCUT2D eigenvalue weighted by Gasteiger charge is 2.30. The molecule has 0 radical (unpaired) electrons. The predicted octanol–water partition coefficient (Wildman–Crippen LogP) is 4.51. The molecule has 1 saturated heterocycles. The largest absolute Gasteiger partial charge is 0.380 e. The summed E-state index contributed by atoms with van der Waals surface area (Å²) in [5.74, 6) is 0. The third kappa shape index (κ3) is 3.44. The summed E-state index contributed by atoms with van der Waals surface area (Å²) in [7, 11) is 1.66. The molecule has 1 aliphatic rings. The van der Waals surface area contributed by atoms with Crippen molar-refractivity contribution in [2.45, 2.75) is 32.4 Å². The van der Waals surface area contributed by atoms with E-state index < -0.39 is 0 Å². The first-order chi connectivity index (χ1) is 11.7. The second-order valence-corrected chi connectivity index (χ2v) is 6.23. The third-order valence-corrected chi connectivity index (χ3v) is 4.62. The summed E-state index contributed by atoms with van der Waals surface area (Å²) >= 11 is 0. The molecule has 2 aromatic rings. The topological polar surface area (TPSA) is 41.6 Å². The van der Waals surface area contributed by atoms with E-state index in [-0.39, 0.29) is 12.1 Å². The van der Waals surface area contributed by atoms with Crippen molar-refractivity contribution in [3.63, 3.8) is 0 Å². The Morgan fingerprint density at radius 2 is 1.96 bits per heavy atom. The molecular weight excluding hydrogens is 300 g/mol. The molecule has 1 aliphatic heterocycles. The molecule has 4 nitrogen and oxygen atoms in total. The number of rotatable bonds is 4. The van der Waals surface area contributed by atoms with Crippen molar-refractivity contribution in [1.82, 2.24) is 4.90 Å². The number of likely N-dealkylation sites (tertiary alicyclic amines) is 1. The Morgan fingerprint density at radius 3 is 2.75 bits per heavy atom. The van der Waals surface area contributed by atoms with Crippen LogP contribution in [0, 0.1) is 6.92 Å². The van der Waals surface area contributed by atoms with Crippen LogP contribution in [0.4, 0.5) is 10.5 Å². The summed E-state index contributed by atoms with van der Waals surface area (Å²) in [5.41, 5.74) is 4.29. The van der Waals surface area contributed by atoms with Crippen LogP contribution in [-0.4, -0.2) is 24.6 Å². The number of carbonyl (C=O) groups excluding carboxylic acids is 1. The summed E-state index contributed by atoms with van der Waals surface area (Å²) in [4.78, 5) is 14.8. The van der Waals surface area contributed by atoms with E-state index in [1.165, 1.54) is 11.1 Å². The SMILES string of the molecule is COCc1ccccc1NC(=O)N1CCC[C@@H]1c1ccccc1C. The normalized spacial score (nSPS) is 17.1. The fraction of sp³-hybridized carbons (Fsp3) is 0.350. The Labute approximate surface area is 143 Å². The number of aryl methyl sites for hydroxylation is 1. The van der Waals surface area contributed by atoms with Crippen LogP contribution in [0.5, 0.6) is 0 Å². The lowest BCUT2D eigenvalue weighted by Gasteiger charge is -2.27. The Morgan fingerprint density at radius 1 is 1.21 bits per heavy atom. The van der Waals surface area contributed by atoms with Gasteiger partial charge in [0.05, 0.1) is 12.6 Å². The van der Waals surface area contributed by atoms with Crippen molar-refractivity contribution < 1.29 is 9.53 Å². The fourth-order valence-corrected chi connectivity index (χ4v) is 3.40. The second kappa shape index (κ2) is 7.49. The van der Waals surface area contributed by atoms with E-state index in [4.69, 9.17) is 4.74 Å². The third-order valence-electron chi connectivity index (χ3n) is 4.62. The Balaban J connectivity index is 1.78. The predicted molar refractivity (Wildman–Crippen MR) is 96.0 cm³/mol. The van der Waals surface area contributed by atoms with Crippen molar-refractivity contribution in [2.75, 3.05) is 19.0 Å². The van der Waals surface area contributed by atoms with Gasteiger partial charge in [-0.25, -0.2) is 4.79 Å². The maximum Gasteiger partial charge on any atom is 0.322 e. The average molecular weight is 324 g/mol. The van der Waals surface area contributed by atoms with Gasteiger partial charge >= 0.3 is 6.03 Å². The smallest absolute Gasteiger partial charge is 0.322 e. The fourth-order valence-electron chi connectivity index (χ4n) is 3.40. The average Bonchev–Trinajstić information content (AvgIpc) is 3.07. The van der Waals surface area contributed by atoms with Crippen LogP contribution < -0.4 is 5.32 Å². The number of nitrogens with one attached hydrogen (secondary N) is 1. The number of anilines is 1. The summed E-state index contributed by atoms with van der Waals surface area (Å²) in [6.07, 6.45) is 2.05. The van der Waals surface area contributed by atoms with Crippen molar-refractivity contribution in [1.29, 1.82) is 0 Å². The van der Waals surface area contributed by atoms with Crippen molar-refractivity contribution >= 4 is 11.7 Å². The molecule has 0 saturated carbocycles. The first-order valence-corrected chi connectivity index (χ1v) is 8.40. The van der Waals surface area contributed by atoms with Crippen molar-refractivity contribution in [3.8, 4) is 0 Å². The molecule has 24 heavy (non-hydrogen) atoms. The van der Waals surface area contributed by atoms with Gasteiger partial charge in [0.15, 0.2) is 0 Å². The van der Waals surface area contributed by atoms with E-state index in [0.717, 1.165) is 30.6 Å². The minimum absolute atomic E-state index is 0.0377. The number of amides is 2. The van der Waals surface area contributed by atoms with Gasteiger partial charge in [-0.2, -0.15) is 0 Å². The molecule has 1 atom stereocenters. The Kier molecular flexibility index (Phi) is 5.16. The molecule has 126 valence electrons. The Bertz CT molecular complexity index is 714. The molecule has 0 unspecified atom stereocenters. The molecule has 0 spiro atoms. The van der Waals surface area contributed by atoms with Gasteiger partial charge in [-0.3, -0.25) is 0 Å². The zero-order chi connectivity index (χ0) is 16.9. The number of ether oxygens (including phenoxy) is 1. The number of hydrogen-bond donors (Lipinski definition) is 1. The number of urea groups is 1. The molecule has 1 heterocycles. The first kappa shape index (κ1) is 16.5. The molecule has 0 aliphatic carbocycles. The highest BCUT2D eigenvalue weighted by molar-refractivity contribution is 5.90. The maximum atomic E-state index is 12.8. The molecular formula is C20H24N2O2. The zero-order valence-corrected chi connectivity index (χ0v) is 14.3. The van der Waals surface area contributed by atoms with Gasteiger partial charge in [0, 0.05) is 24.9 Å². The van der Waals surface area contributed by atoms with Gasteiger partial charge in [-0.05, 0) is 37.0 Å². The number of nitrogens with zero attached hydrogens (tertiary/aromatic N) is 1. The van der Waals surface area contributed by atoms with Gasteiger partial charge in [-0.15, -0.1) is 0 Å². The summed E-state index contributed by atoms with van der Waals surface area (Å²) in [5, 5.41) is 3.06. The lowest BCUT2D eigenvalue weighted by atomic mass is 9.99. The van der Waals surface area contributed by atoms with E-state index in [9.17, 15) is 4.79 Å². The quantitative estimate of drug-likeness (QED) is 0.899. The monoisotopic (exact) mass is 324 g/mol. The van der Waals surface area contributed by atoms with Crippen LogP contribution in [-0.2, 0) is 11.3 Å². The van der Waals surface area contributed by atoms with E-state index in [1.807, 2.05) is 41.3 Å². The number of para-hydroxylation sites is 1. The molecule has 3 rings (SSSR count). The van der Waals surface area contributed by atoms with Gasteiger partial charge in [0.25, 0.3) is 0 Å². The lowest BCUT2D eigenvalue weighted by Crippen LogP contribution is -2.35. The van der Waals surface area contributed by atoms with Crippen LogP contribution in [0.15, 0.2) is 48.5 Å². The molecule has 0 bridgehead atoms. The summed E-state index contributed by atoms with van der Waals surface area (Å²) in [6, 6.07) is 16.2. The number of hydrogen-bond acceptors (Lipinski definition) is 2. The van der Waals surface area contributed by atoms with Crippen molar-refractivity contribution in [3.05, 3.63) is 65.2 Å². The summed E-state index contributed by atoms with van der Waals surface area (Å²) < 4.78 is 5.22. The van der Waals surface area contributed by atoms with E-state index in [2.05, 4.69) is 24.4 Å². The van der Waals surface area contributed by atoms with Crippen molar-refractivity contribution in [2.24, 2.45) is 0 Å². The molecule has 2 aromatic carbocycles. The summed E-state index contributed by atoms with van der Waals surface area (Å²) in [6.45, 7) is 3.38. The molecule has 0 aromatic heterocycles. The van der Waals surface area contributed by atoms with Gasteiger partial charge in [0.1, 0.15) is 0 Å². The number of methoxy groups -OCH3 is 1. The van der Waals surface area contributed by atoms with Gasteiger partial charge in [0.2, 0.25) is 0 Å². The van der Waals surface area contributed by atoms with Crippen LogP contribution >= 0.6 is 0 Å². The van der Waals surface area contributed by atoms with Crippen LogP contribution in [0.3, 0.4) is 0 Å². The highest BCUT2D eigenvalue weighted by Crippen LogP contribution is 2.34. The zero-order valence-electron chi connectivity index (χ0n) is 14.3. The maximum absolute atomic E-state index is 12.8. The van der Waals surface area contributed by atoms with E-state index >= 15 is 0 Å². The van der Waals surface area contributed by atoms with E-state index in [0.29, 0.717) is 6.61 Å². The second-order valence-electron chi connectivity index (χ2n) is 6.23. The number of benzene rings is 2. The molecule has 1 fully saturated rings. The molecule has 1 N–H and O–H groups in total. The standard InChI is InChI=1S/C20H24N2O2/c1-15-8-3-5-10-17(15)19-12-7-13-22(19)20(23)21-18-11-6-4-9-16(18)14-24-2/h3-6,8-11,19H,7,12-14H2,1-2H3,(H,21,23)/t19-/m1/s1. The molecule has 2 amide bonds. The van der Waals surface area contributed by atoms with Gasteiger partial charge in [-0.1, -0.05) is 42.5 Å². The van der Waals surface area contributed by atoms with Crippen LogP contribution in [0.1, 0.15) is 35.6 Å². The van der Waals surface area contributed by atoms with Crippen LogP contribution in [0.25, 0.3) is 0 Å². The van der Waals surface area contributed by atoms with Crippen LogP contribution in [0.2, 0.25) is 0 Å². The first-order valence-electron chi connectivity index (χ1n) is 8.40. The minimum atomic E-state index is -0.0377. The lowest BCUT2D eigenvalue weighted by molar-refractivity contribution is 0.185. The number of carbonyl (C=O) groups is 1.